The minimum absolute atomic E-state index is 0.0400. The van der Waals surface area contributed by atoms with Crippen LogP contribution in [0, 0.1) is 5.82 Å². The molecule has 2 aromatic carbocycles. The first-order valence-electron chi connectivity index (χ1n) is 6.13. The van der Waals surface area contributed by atoms with E-state index >= 15 is 0 Å². The van der Waals surface area contributed by atoms with Crippen LogP contribution in [0.25, 0.3) is 10.9 Å². The van der Waals surface area contributed by atoms with Gasteiger partial charge in [-0.3, -0.25) is 9.36 Å². The Morgan fingerprint density at radius 2 is 2.05 bits per heavy atom. The first-order chi connectivity index (χ1) is 10.0. The van der Waals surface area contributed by atoms with E-state index in [0.29, 0.717) is 10.9 Å². The first-order valence-corrected chi connectivity index (χ1v) is 7.30. The van der Waals surface area contributed by atoms with Crippen molar-refractivity contribution in [1.29, 1.82) is 0 Å². The Labute approximate surface area is 133 Å². The van der Waals surface area contributed by atoms with Gasteiger partial charge in [0.05, 0.1) is 28.8 Å². The van der Waals surface area contributed by atoms with Crippen LogP contribution in [-0.2, 0) is 6.54 Å². The highest BCUT2D eigenvalue weighted by molar-refractivity contribution is 9.10. The highest BCUT2D eigenvalue weighted by atomic mass is 79.9. The van der Waals surface area contributed by atoms with E-state index in [0.717, 1.165) is 10.0 Å². The molecular formula is C15H9BrClFN2O. The zero-order chi connectivity index (χ0) is 15.0. The lowest BCUT2D eigenvalue weighted by molar-refractivity contribution is 0.626. The van der Waals surface area contributed by atoms with Gasteiger partial charge in [-0.15, -0.1) is 0 Å². The fourth-order valence-electron chi connectivity index (χ4n) is 2.08. The van der Waals surface area contributed by atoms with E-state index in [-0.39, 0.29) is 17.1 Å². The Morgan fingerprint density at radius 3 is 2.81 bits per heavy atom. The average molecular weight is 368 g/mol. The number of nitrogens with zero attached hydrogens (tertiary/aromatic N) is 2. The van der Waals surface area contributed by atoms with E-state index in [9.17, 15) is 9.18 Å². The van der Waals surface area contributed by atoms with Crippen LogP contribution in [0.15, 0.2) is 52.0 Å². The zero-order valence-corrected chi connectivity index (χ0v) is 13.0. The molecule has 1 aromatic heterocycles. The minimum Gasteiger partial charge on any atom is -0.294 e. The van der Waals surface area contributed by atoms with Crippen molar-refractivity contribution in [2.75, 3.05) is 0 Å². The topological polar surface area (TPSA) is 34.9 Å². The molecule has 0 atom stereocenters. The lowest BCUT2D eigenvalue weighted by Crippen LogP contribution is -2.21. The van der Waals surface area contributed by atoms with E-state index in [4.69, 9.17) is 11.6 Å². The smallest absolute Gasteiger partial charge is 0.261 e. The van der Waals surface area contributed by atoms with Crippen molar-refractivity contribution in [3.8, 4) is 0 Å². The van der Waals surface area contributed by atoms with Gasteiger partial charge in [0.15, 0.2) is 0 Å². The van der Waals surface area contributed by atoms with Crippen LogP contribution < -0.4 is 5.56 Å². The number of fused-ring (bicyclic) bond motifs is 1. The molecule has 0 spiro atoms. The Balaban J connectivity index is 2.05. The van der Waals surface area contributed by atoms with Crippen LogP contribution in [0.4, 0.5) is 4.39 Å². The molecule has 0 bridgehead atoms. The molecule has 106 valence electrons. The quantitative estimate of drug-likeness (QED) is 0.686. The van der Waals surface area contributed by atoms with Gasteiger partial charge < -0.3 is 0 Å². The number of aromatic nitrogens is 2. The van der Waals surface area contributed by atoms with E-state index in [2.05, 4.69) is 20.9 Å². The number of hydrogen-bond acceptors (Lipinski definition) is 2. The summed E-state index contributed by atoms with van der Waals surface area (Å²) in [6, 6.07) is 9.70. The van der Waals surface area contributed by atoms with Gasteiger partial charge in [0.25, 0.3) is 5.56 Å². The van der Waals surface area contributed by atoms with Crippen LogP contribution >= 0.6 is 27.5 Å². The molecule has 21 heavy (non-hydrogen) atoms. The Kier molecular flexibility index (Phi) is 3.78. The highest BCUT2D eigenvalue weighted by Crippen LogP contribution is 2.17. The third-order valence-corrected chi connectivity index (χ3v) is 3.91. The van der Waals surface area contributed by atoms with Crippen LogP contribution in [0.5, 0.6) is 0 Å². The van der Waals surface area contributed by atoms with Gasteiger partial charge in [0.2, 0.25) is 0 Å². The number of halogens is 3. The summed E-state index contributed by atoms with van der Waals surface area (Å²) in [5.41, 5.74) is 1.22. The maximum Gasteiger partial charge on any atom is 0.261 e. The van der Waals surface area contributed by atoms with Gasteiger partial charge in [-0.05, 0) is 35.9 Å². The summed E-state index contributed by atoms with van der Waals surface area (Å²) in [5, 5.41) is 0.576. The monoisotopic (exact) mass is 366 g/mol. The molecule has 0 amide bonds. The van der Waals surface area contributed by atoms with Gasteiger partial charge in [0, 0.05) is 4.47 Å². The zero-order valence-electron chi connectivity index (χ0n) is 10.7. The molecule has 3 aromatic rings. The SMILES string of the molecule is O=c1c2ccc(Br)cc2ncn1Cc1ccc(F)c(Cl)c1. The second-order valence-electron chi connectivity index (χ2n) is 4.59. The second kappa shape index (κ2) is 5.58. The second-order valence-corrected chi connectivity index (χ2v) is 5.91. The Bertz CT molecular complexity index is 894. The Hall–Kier alpha value is -1.72. The van der Waals surface area contributed by atoms with Crippen molar-refractivity contribution in [2.45, 2.75) is 6.54 Å². The summed E-state index contributed by atoms with van der Waals surface area (Å²) < 4.78 is 15.5. The average Bonchev–Trinajstić information content (AvgIpc) is 2.46. The van der Waals surface area contributed by atoms with Crippen LogP contribution in [-0.4, -0.2) is 9.55 Å². The van der Waals surface area contributed by atoms with E-state index in [1.807, 2.05) is 0 Å². The van der Waals surface area contributed by atoms with Crippen LogP contribution in [0.3, 0.4) is 0 Å². The van der Waals surface area contributed by atoms with Gasteiger partial charge in [-0.1, -0.05) is 33.6 Å². The maximum atomic E-state index is 13.1. The van der Waals surface area contributed by atoms with Crippen molar-refractivity contribution in [1.82, 2.24) is 9.55 Å². The van der Waals surface area contributed by atoms with Crippen molar-refractivity contribution >= 4 is 38.4 Å². The summed E-state index contributed by atoms with van der Waals surface area (Å²) >= 11 is 9.09. The summed E-state index contributed by atoms with van der Waals surface area (Å²) in [7, 11) is 0. The van der Waals surface area contributed by atoms with Gasteiger partial charge in [-0.2, -0.15) is 0 Å². The molecule has 0 aliphatic rings. The van der Waals surface area contributed by atoms with Crippen molar-refractivity contribution < 1.29 is 4.39 Å². The van der Waals surface area contributed by atoms with Crippen molar-refractivity contribution in [3.05, 3.63) is 74.0 Å². The molecule has 0 radical (unpaired) electrons. The molecule has 6 heteroatoms. The summed E-state index contributed by atoms with van der Waals surface area (Å²) in [6.07, 6.45) is 1.48. The van der Waals surface area contributed by atoms with E-state index in [1.54, 1.807) is 24.3 Å². The molecule has 3 rings (SSSR count). The van der Waals surface area contributed by atoms with Crippen LogP contribution in [0.1, 0.15) is 5.56 Å². The lowest BCUT2D eigenvalue weighted by Gasteiger charge is -2.07. The molecule has 0 aliphatic carbocycles. The van der Waals surface area contributed by atoms with Gasteiger partial charge in [-0.25, -0.2) is 9.37 Å². The van der Waals surface area contributed by atoms with E-state index < -0.39 is 5.82 Å². The lowest BCUT2D eigenvalue weighted by atomic mass is 10.2. The molecule has 0 saturated carbocycles. The molecular weight excluding hydrogens is 359 g/mol. The predicted octanol–water partition coefficient (Wildman–Crippen LogP) is 4.00. The minimum atomic E-state index is -0.478. The van der Waals surface area contributed by atoms with Gasteiger partial charge >= 0.3 is 0 Å². The van der Waals surface area contributed by atoms with E-state index in [1.165, 1.54) is 23.0 Å². The number of benzene rings is 2. The third-order valence-electron chi connectivity index (χ3n) is 3.12. The van der Waals surface area contributed by atoms with Crippen LogP contribution in [0.2, 0.25) is 5.02 Å². The molecule has 0 aliphatic heterocycles. The summed E-state index contributed by atoms with van der Waals surface area (Å²) in [5.74, 6) is -0.478. The van der Waals surface area contributed by atoms with Crippen molar-refractivity contribution in [2.24, 2.45) is 0 Å². The first kappa shape index (κ1) is 14.2. The molecule has 1 heterocycles. The third kappa shape index (κ3) is 2.84. The summed E-state index contributed by atoms with van der Waals surface area (Å²) in [4.78, 5) is 16.7. The van der Waals surface area contributed by atoms with Gasteiger partial charge in [0.1, 0.15) is 5.82 Å². The normalized spacial score (nSPS) is 11.0. The predicted molar refractivity (Wildman–Crippen MR) is 84.2 cm³/mol. The highest BCUT2D eigenvalue weighted by Gasteiger charge is 2.07. The number of rotatable bonds is 2. The fraction of sp³-hybridized carbons (Fsp3) is 0.0667. The fourth-order valence-corrected chi connectivity index (χ4v) is 2.63. The van der Waals surface area contributed by atoms with Crippen molar-refractivity contribution in [3.63, 3.8) is 0 Å². The molecule has 0 saturated heterocycles. The maximum absolute atomic E-state index is 13.1. The largest absolute Gasteiger partial charge is 0.294 e. The molecule has 0 N–H and O–H groups in total. The molecule has 0 unspecified atom stereocenters. The molecule has 0 fully saturated rings. The molecule has 3 nitrogen and oxygen atoms in total. The number of hydrogen-bond donors (Lipinski definition) is 0. The Morgan fingerprint density at radius 1 is 1.24 bits per heavy atom. The summed E-state index contributed by atoms with van der Waals surface area (Å²) in [6.45, 7) is 0.290. The standard InChI is InChI=1S/C15H9BrClFN2O/c16-10-2-3-11-14(6-10)19-8-20(15(11)21)7-9-1-4-13(18)12(17)5-9/h1-6,8H,7H2.